The van der Waals surface area contributed by atoms with Gasteiger partial charge in [0, 0.05) is 24.8 Å². The van der Waals surface area contributed by atoms with E-state index in [1.165, 1.54) is 4.57 Å². The Morgan fingerprint density at radius 1 is 1.21 bits per heavy atom. The topological polar surface area (TPSA) is 54.7 Å². The van der Waals surface area contributed by atoms with Gasteiger partial charge in [0.1, 0.15) is 6.73 Å². The average molecular weight is 328 g/mol. The molecule has 2 heterocycles. The standard InChI is InChI=1S/C19H24N2O3/c1-3-19(2)13-20(14-24-19)12-16-9-10-21(18(23)17(16)22)11-15-7-5-4-6-8-15/h4-10,22H,3,11-14H2,1-2H3. The monoisotopic (exact) mass is 328 g/mol. The molecule has 5 nitrogen and oxygen atoms in total. The highest BCUT2D eigenvalue weighted by Crippen LogP contribution is 2.26. The molecule has 24 heavy (non-hydrogen) atoms. The highest BCUT2D eigenvalue weighted by Gasteiger charge is 2.33. The SMILES string of the molecule is CCC1(C)CN(Cc2ccn(Cc3ccccc3)c(=O)c2O)CO1. The molecular formula is C19H24N2O3. The summed E-state index contributed by atoms with van der Waals surface area (Å²) in [5, 5.41) is 10.3. The second-order valence-corrected chi connectivity index (χ2v) is 6.67. The predicted molar refractivity (Wildman–Crippen MR) is 93.0 cm³/mol. The van der Waals surface area contributed by atoms with E-state index < -0.39 is 0 Å². The molecule has 1 unspecified atom stereocenters. The van der Waals surface area contributed by atoms with Crippen molar-refractivity contribution in [1.29, 1.82) is 0 Å². The van der Waals surface area contributed by atoms with E-state index in [0.717, 1.165) is 18.5 Å². The van der Waals surface area contributed by atoms with Gasteiger partial charge in [-0.1, -0.05) is 37.3 Å². The van der Waals surface area contributed by atoms with Crippen molar-refractivity contribution in [3.8, 4) is 5.75 Å². The number of aromatic hydroxyl groups is 1. The zero-order valence-electron chi connectivity index (χ0n) is 14.2. The largest absolute Gasteiger partial charge is 0.503 e. The molecule has 1 fully saturated rings. The fourth-order valence-corrected chi connectivity index (χ4v) is 3.00. The number of rotatable bonds is 5. The number of hydrogen-bond donors (Lipinski definition) is 1. The summed E-state index contributed by atoms with van der Waals surface area (Å²) in [5.41, 5.74) is 1.18. The number of ether oxygens (including phenoxy) is 1. The average Bonchev–Trinajstić information content (AvgIpc) is 2.97. The van der Waals surface area contributed by atoms with E-state index in [1.807, 2.05) is 36.4 Å². The Labute approximate surface area is 142 Å². The van der Waals surface area contributed by atoms with Crippen molar-refractivity contribution < 1.29 is 9.84 Å². The van der Waals surface area contributed by atoms with Crippen LogP contribution in [0.4, 0.5) is 0 Å². The molecule has 5 heteroatoms. The van der Waals surface area contributed by atoms with Crippen molar-refractivity contribution in [3.63, 3.8) is 0 Å². The van der Waals surface area contributed by atoms with Crippen LogP contribution in [0.3, 0.4) is 0 Å². The molecule has 2 aromatic rings. The van der Waals surface area contributed by atoms with E-state index in [1.54, 1.807) is 6.20 Å². The van der Waals surface area contributed by atoms with Gasteiger partial charge in [0.2, 0.25) is 0 Å². The molecule has 0 spiro atoms. The van der Waals surface area contributed by atoms with Crippen LogP contribution in [-0.2, 0) is 17.8 Å². The minimum absolute atomic E-state index is 0.141. The fraction of sp³-hybridized carbons (Fsp3) is 0.421. The maximum Gasteiger partial charge on any atom is 0.293 e. The van der Waals surface area contributed by atoms with E-state index >= 15 is 0 Å². The zero-order valence-corrected chi connectivity index (χ0v) is 14.2. The number of benzene rings is 1. The Bertz CT molecular complexity index is 757. The van der Waals surface area contributed by atoms with Gasteiger partial charge in [-0.2, -0.15) is 0 Å². The van der Waals surface area contributed by atoms with Gasteiger partial charge < -0.3 is 14.4 Å². The lowest BCUT2D eigenvalue weighted by atomic mass is 10.0. The van der Waals surface area contributed by atoms with Gasteiger partial charge in [-0.25, -0.2) is 0 Å². The van der Waals surface area contributed by atoms with Crippen LogP contribution in [0, 0.1) is 0 Å². The fourth-order valence-electron chi connectivity index (χ4n) is 3.00. The Kier molecular flexibility index (Phi) is 4.73. The van der Waals surface area contributed by atoms with E-state index in [0.29, 0.717) is 25.4 Å². The van der Waals surface area contributed by atoms with Gasteiger partial charge >= 0.3 is 0 Å². The number of pyridine rings is 1. The van der Waals surface area contributed by atoms with Crippen LogP contribution in [0.15, 0.2) is 47.4 Å². The highest BCUT2D eigenvalue weighted by atomic mass is 16.5. The minimum Gasteiger partial charge on any atom is -0.503 e. The van der Waals surface area contributed by atoms with Crippen LogP contribution in [0.1, 0.15) is 31.4 Å². The predicted octanol–water partition coefficient (Wildman–Crippen LogP) is 2.56. The lowest BCUT2D eigenvalue weighted by Gasteiger charge is -2.20. The molecule has 1 aromatic heterocycles. The van der Waals surface area contributed by atoms with E-state index in [2.05, 4.69) is 18.7 Å². The van der Waals surface area contributed by atoms with Gasteiger partial charge in [0.25, 0.3) is 5.56 Å². The Balaban J connectivity index is 1.75. The van der Waals surface area contributed by atoms with Gasteiger partial charge in [-0.15, -0.1) is 0 Å². The molecule has 1 atom stereocenters. The molecule has 0 aliphatic carbocycles. The Morgan fingerprint density at radius 3 is 2.62 bits per heavy atom. The molecule has 128 valence electrons. The van der Waals surface area contributed by atoms with Crippen LogP contribution < -0.4 is 5.56 Å². The third-order valence-electron chi connectivity index (χ3n) is 4.71. The van der Waals surface area contributed by atoms with Crippen molar-refractivity contribution in [2.75, 3.05) is 13.3 Å². The van der Waals surface area contributed by atoms with Crippen molar-refractivity contribution in [3.05, 3.63) is 64.1 Å². The van der Waals surface area contributed by atoms with Crippen LogP contribution in [-0.4, -0.2) is 33.5 Å². The van der Waals surface area contributed by atoms with Gasteiger partial charge in [-0.3, -0.25) is 9.69 Å². The minimum atomic E-state index is -0.352. The third kappa shape index (κ3) is 3.52. The van der Waals surface area contributed by atoms with Crippen LogP contribution in [0.25, 0.3) is 0 Å². The van der Waals surface area contributed by atoms with Gasteiger partial charge in [0.05, 0.1) is 12.1 Å². The first kappa shape index (κ1) is 16.7. The molecule has 0 amide bonds. The Hall–Kier alpha value is -2.11. The summed E-state index contributed by atoms with van der Waals surface area (Å²) >= 11 is 0. The van der Waals surface area contributed by atoms with Crippen molar-refractivity contribution in [2.45, 2.75) is 39.0 Å². The molecule has 1 saturated heterocycles. The molecule has 1 aromatic carbocycles. The second kappa shape index (κ2) is 6.79. The van der Waals surface area contributed by atoms with Crippen molar-refractivity contribution >= 4 is 0 Å². The Morgan fingerprint density at radius 2 is 1.96 bits per heavy atom. The normalized spacial score (nSPS) is 21.2. The lowest BCUT2D eigenvalue weighted by Crippen LogP contribution is -2.30. The van der Waals surface area contributed by atoms with E-state index in [9.17, 15) is 9.90 Å². The number of nitrogens with zero attached hydrogens (tertiary/aromatic N) is 2. The number of aromatic nitrogens is 1. The van der Waals surface area contributed by atoms with E-state index in [-0.39, 0.29) is 16.9 Å². The smallest absolute Gasteiger partial charge is 0.293 e. The first-order chi connectivity index (χ1) is 11.5. The molecule has 3 rings (SSSR count). The van der Waals surface area contributed by atoms with Gasteiger partial charge in [-0.05, 0) is 25.0 Å². The van der Waals surface area contributed by atoms with Crippen LogP contribution >= 0.6 is 0 Å². The molecule has 0 radical (unpaired) electrons. The molecule has 1 aliphatic heterocycles. The van der Waals surface area contributed by atoms with Gasteiger partial charge in [0.15, 0.2) is 5.75 Å². The molecule has 1 aliphatic rings. The van der Waals surface area contributed by atoms with E-state index in [4.69, 9.17) is 4.74 Å². The highest BCUT2D eigenvalue weighted by molar-refractivity contribution is 5.29. The summed E-state index contributed by atoms with van der Waals surface area (Å²) in [5.74, 6) is -0.168. The summed E-state index contributed by atoms with van der Waals surface area (Å²) in [4.78, 5) is 14.5. The molecule has 0 saturated carbocycles. The molecular weight excluding hydrogens is 304 g/mol. The van der Waals surface area contributed by atoms with Crippen molar-refractivity contribution in [1.82, 2.24) is 9.47 Å². The quantitative estimate of drug-likeness (QED) is 0.916. The number of hydrogen-bond acceptors (Lipinski definition) is 4. The maximum absolute atomic E-state index is 12.4. The second-order valence-electron chi connectivity index (χ2n) is 6.67. The molecule has 0 bridgehead atoms. The van der Waals surface area contributed by atoms with Crippen LogP contribution in [0.5, 0.6) is 5.75 Å². The summed E-state index contributed by atoms with van der Waals surface area (Å²) in [6, 6.07) is 11.6. The summed E-state index contributed by atoms with van der Waals surface area (Å²) in [7, 11) is 0. The van der Waals surface area contributed by atoms with Crippen LogP contribution in [0.2, 0.25) is 0 Å². The maximum atomic E-state index is 12.4. The summed E-state index contributed by atoms with van der Waals surface area (Å²) < 4.78 is 7.34. The molecule has 1 N–H and O–H groups in total. The first-order valence-corrected chi connectivity index (χ1v) is 8.32. The lowest BCUT2D eigenvalue weighted by molar-refractivity contribution is 0.0154. The third-order valence-corrected chi connectivity index (χ3v) is 4.71. The summed E-state index contributed by atoms with van der Waals surface area (Å²) in [6.45, 7) is 6.49. The first-order valence-electron chi connectivity index (χ1n) is 8.32. The zero-order chi connectivity index (χ0) is 17.2. The van der Waals surface area contributed by atoms with Crippen molar-refractivity contribution in [2.24, 2.45) is 0 Å². The summed E-state index contributed by atoms with van der Waals surface area (Å²) in [6.07, 6.45) is 2.69.